The third kappa shape index (κ3) is 4.23. The Morgan fingerprint density at radius 1 is 1.22 bits per heavy atom. The molecule has 0 bridgehead atoms. The topological polar surface area (TPSA) is 32.7 Å². The molecular formula is C21H24Cl2N2OS. The van der Waals surface area contributed by atoms with Crippen molar-refractivity contribution in [3.8, 4) is 0 Å². The molecule has 3 rings (SSSR count). The highest BCUT2D eigenvalue weighted by atomic mass is 35.5. The molecule has 0 aliphatic carbocycles. The summed E-state index contributed by atoms with van der Waals surface area (Å²) in [7, 11) is -0.111. The van der Waals surface area contributed by atoms with E-state index in [-0.39, 0.29) is 29.1 Å². The molecule has 6 heteroatoms. The van der Waals surface area contributed by atoms with Gasteiger partial charge in [-0.25, -0.2) is 0 Å². The Bertz CT molecular complexity index is 877. The van der Waals surface area contributed by atoms with Crippen LogP contribution in [0, 0.1) is 0 Å². The molecule has 144 valence electrons. The van der Waals surface area contributed by atoms with Gasteiger partial charge < -0.3 is 4.90 Å². The Morgan fingerprint density at radius 3 is 2.56 bits per heavy atom. The summed E-state index contributed by atoms with van der Waals surface area (Å²) < 4.78 is 4.68. The van der Waals surface area contributed by atoms with Crippen LogP contribution in [0.15, 0.2) is 45.7 Å². The van der Waals surface area contributed by atoms with Crippen molar-refractivity contribution < 1.29 is 4.79 Å². The van der Waals surface area contributed by atoms with Gasteiger partial charge in [-0.1, -0.05) is 52.1 Å². The predicted octanol–water partition coefficient (Wildman–Crippen LogP) is 5.49. The second-order valence-corrected chi connectivity index (χ2v) is 9.11. The molecule has 2 atom stereocenters. The Kier molecular flexibility index (Phi) is 6.61. The van der Waals surface area contributed by atoms with Crippen molar-refractivity contribution in [1.29, 1.82) is 0 Å². The van der Waals surface area contributed by atoms with E-state index in [0.29, 0.717) is 22.2 Å². The molecular weight excluding hydrogens is 399 g/mol. The zero-order valence-electron chi connectivity index (χ0n) is 15.8. The van der Waals surface area contributed by atoms with Crippen LogP contribution in [0.4, 0.5) is 0 Å². The average Bonchev–Trinajstić information content (AvgIpc) is 2.65. The van der Waals surface area contributed by atoms with Crippen LogP contribution in [0.1, 0.15) is 36.6 Å². The summed E-state index contributed by atoms with van der Waals surface area (Å²) in [6, 6.07) is 11.8. The minimum absolute atomic E-state index is 0.0288. The number of hydrogen-bond donors (Lipinski definition) is 0. The number of hydrogen-bond acceptors (Lipinski definition) is 2. The summed E-state index contributed by atoms with van der Waals surface area (Å²) >= 11 is 12.5. The smallest absolute Gasteiger partial charge is 0.227 e. The standard InChI is InChI=1S/C21H24Cl2N2OS/c1-4-24-27(3)20-10-5-7-15-14(2)25(12-11-16(15)20)21(26)13-17-18(22)8-6-9-19(17)23/h5-10,14H,4,11-13H2,1-3H3. The van der Waals surface area contributed by atoms with E-state index in [9.17, 15) is 4.79 Å². The fraction of sp³-hybridized carbons (Fsp3) is 0.381. The number of amides is 1. The molecule has 0 radical (unpaired) electrons. The molecule has 2 aromatic carbocycles. The van der Waals surface area contributed by atoms with Crippen LogP contribution < -0.4 is 0 Å². The van der Waals surface area contributed by atoms with E-state index < -0.39 is 0 Å². The maximum atomic E-state index is 13.0. The first-order valence-electron chi connectivity index (χ1n) is 9.11. The third-order valence-corrected chi connectivity index (χ3v) is 7.41. The first-order chi connectivity index (χ1) is 12.9. The van der Waals surface area contributed by atoms with Gasteiger partial charge in [0.1, 0.15) is 0 Å². The molecule has 1 heterocycles. The lowest BCUT2D eigenvalue weighted by Crippen LogP contribution is -2.40. The number of fused-ring (bicyclic) bond motifs is 1. The number of carbonyl (C=O) groups excluding carboxylic acids is 1. The van der Waals surface area contributed by atoms with E-state index in [0.717, 1.165) is 13.0 Å². The van der Waals surface area contributed by atoms with Crippen molar-refractivity contribution in [2.75, 3.05) is 19.3 Å². The molecule has 0 fully saturated rings. The highest BCUT2D eigenvalue weighted by molar-refractivity contribution is 7.86. The molecule has 0 aromatic heterocycles. The van der Waals surface area contributed by atoms with Gasteiger partial charge >= 0.3 is 0 Å². The maximum absolute atomic E-state index is 13.0. The van der Waals surface area contributed by atoms with Crippen LogP contribution in [0.3, 0.4) is 0 Å². The summed E-state index contributed by atoms with van der Waals surface area (Å²) in [5.41, 5.74) is 3.28. The highest BCUT2D eigenvalue weighted by Gasteiger charge is 2.29. The first kappa shape index (κ1) is 20.4. The average molecular weight is 423 g/mol. The van der Waals surface area contributed by atoms with Crippen LogP contribution in [0.2, 0.25) is 10.0 Å². The van der Waals surface area contributed by atoms with E-state index in [2.05, 4.69) is 42.7 Å². The molecule has 0 spiro atoms. The minimum Gasteiger partial charge on any atom is -0.335 e. The van der Waals surface area contributed by atoms with Crippen molar-refractivity contribution in [2.45, 2.75) is 37.6 Å². The molecule has 1 aliphatic rings. The van der Waals surface area contributed by atoms with Gasteiger partial charge in [-0.2, -0.15) is 0 Å². The highest BCUT2D eigenvalue weighted by Crippen LogP contribution is 2.34. The zero-order chi connectivity index (χ0) is 19.6. The third-order valence-electron chi connectivity index (χ3n) is 5.04. The van der Waals surface area contributed by atoms with E-state index in [4.69, 9.17) is 23.2 Å². The lowest BCUT2D eigenvalue weighted by Gasteiger charge is -2.36. The maximum Gasteiger partial charge on any atom is 0.227 e. The normalized spacial score (nSPS) is 17.7. The lowest BCUT2D eigenvalue weighted by atomic mass is 9.93. The van der Waals surface area contributed by atoms with Gasteiger partial charge in [0.2, 0.25) is 5.91 Å². The molecule has 1 amide bonds. The Hall–Kier alpha value is -1.36. The quantitative estimate of drug-likeness (QED) is 0.640. The van der Waals surface area contributed by atoms with E-state index in [1.807, 2.05) is 4.90 Å². The largest absolute Gasteiger partial charge is 0.335 e. The van der Waals surface area contributed by atoms with Crippen LogP contribution in [0.5, 0.6) is 0 Å². The van der Waals surface area contributed by atoms with Gasteiger partial charge in [-0.15, -0.1) is 0 Å². The number of halogens is 2. The SMILES string of the molecule is CC/N=S(/C)c1cccc2c1CCN(C(=O)Cc1c(Cl)cccc1Cl)C2C. The monoisotopic (exact) mass is 422 g/mol. The van der Waals surface area contributed by atoms with Gasteiger partial charge in [-0.05, 0) is 61.4 Å². The molecule has 2 aromatic rings. The minimum atomic E-state index is -0.111. The van der Waals surface area contributed by atoms with Gasteiger partial charge in [0.05, 0.1) is 12.5 Å². The Morgan fingerprint density at radius 2 is 1.89 bits per heavy atom. The number of benzene rings is 2. The van der Waals surface area contributed by atoms with E-state index >= 15 is 0 Å². The molecule has 2 unspecified atom stereocenters. The van der Waals surface area contributed by atoms with Crippen molar-refractivity contribution in [3.63, 3.8) is 0 Å². The van der Waals surface area contributed by atoms with Crippen LogP contribution in [0.25, 0.3) is 0 Å². The zero-order valence-corrected chi connectivity index (χ0v) is 18.2. The molecule has 27 heavy (non-hydrogen) atoms. The summed E-state index contributed by atoms with van der Waals surface area (Å²) in [6.07, 6.45) is 3.25. The number of rotatable bonds is 4. The molecule has 0 saturated carbocycles. The van der Waals surface area contributed by atoms with Crippen molar-refractivity contribution in [3.05, 3.63) is 63.1 Å². The van der Waals surface area contributed by atoms with Crippen molar-refractivity contribution >= 4 is 39.8 Å². The van der Waals surface area contributed by atoms with Crippen LogP contribution >= 0.6 is 23.2 Å². The van der Waals surface area contributed by atoms with Gasteiger partial charge in [0.15, 0.2) is 0 Å². The summed E-state index contributed by atoms with van der Waals surface area (Å²) in [6.45, 7) is 5.69. The fourth-order valence-electron chi connectivity index (χ4n) is 3.67. The summed E-state index contributed by atoms with van der Waals surface area (Å²) in [5.74, 6) is 0.0577. The van der Waals surface area contributed by atoms with Gasteiger partial charge in [-0.3, -0.25) is 9.16 Å². The second-order valence-electron chi connectivity index (χ2n) is 6.64. The van der Waals surface area contributed by atoms with Gasteiger partial charge in [0, 0.05) is 28.0 Å². The van der Waals surface area contributed by atoms with Crippen molar-refractivity contribution in [2.24, 2.45) is 4.36 Å². The molecule has 0 saturated heterocycles. The van der Waals surface area contributed by atoms with Gasteiger partial charge in [0.25, 0.3) is 0 Å². The molecule has 1 aliphatic heterocycles. The van der Waals surface area contributed by atoms with Crippen LogP contribution in [-0.2, 0) is 28.3 Å². The second kappa shape index (κ2) is 8.76. The van der Waals surface area contributed by atoms with Crippen molar-refractivity contribution in [1.82, 2.24) is 4.90 Å². The fourth-order valence-corrected chi connectivity index (χ4v) is 5.58. The lowest BCUT2D eigenvalue weighted by molar-refractivity contribution is -0.133. The van der Waals surface area contributed by atoms with E-state index in [1.165, 1.54) is 16.0 Å². The predicted molar refractivity (Wildman–Crippen MR) is 115 cm³/mol. The summed E-state index contributed by atoms with van der Waals surface area (Å²) in [4.78, 5) is 16.3. The Balaban J connectivity index is 1.87. The van der Waals surface area contributed by atoms with E-state index in [1.54, 1.807) is 18.2 Å². The summed E-state index contributed by atoms with van der Waals surface area (Å²) in [5, 5.41) is 1.08. The molecule has 0 N–H and O–H groups in total. The molecule has 3 nitrogen and oxygen atoms in total. The number of nitrogens with zero attached hydrogens (tertiary/aromatic N) is 2. The van der Waals surface area contributed by atoms with Crippen LogP contribution in [-0.4, -0.2) is 30.2 Å². The first-order valence-corrected chi connectivity index (χ1v) is 11.5. The Labute approximate surface area is 173 Å². The number of carbonyl (C=O) groups is 1.